The summed E-state index contributed by atoms with van der Waals surface area (Å²) >= 11 is 17.1. The topological polar surface area (TPSA) is 43.4 Å². The molecule has 1 aromatic carbocycles. The standard InChI is InChI=1S/C8H7Cl3O3S/c1-2-15(12,13)14-8-6(10)3-5(9)4-7(8)11/h3-4H,2H2,1H3. The van der Waals surface area contributed by atoms with Crippen molar-refractivity contribution >= 4 is 44.9 Å². The van der Waals surface area contributed by atoms with Gasteiger partial charge in [-0.05, 0) is 19.1 Å². The second kappa shape index (κ2) is 4.78. The van der Waals surface area contributed by atoms with Crippen molar-refractivity contribution in [1.29, 1.82) is 0 Å². The monoisotopic (exact) mass is 288 g/mol. The van der Waals surface area contributed by atoms with Crippen LogP contribution in [0.3, 0.4) is 0 Å². The molecule has 0 radical (unpaired) electrons. The van der Waals surface area contributed by atoms with E-state index in [1.165, 1.54) is 19.1 Å². The van der Waals surface area contributed by atoms with E-state index in [0.29, 0.717) is 5.02 Å². The molecule has 0 unspecified atom stereocenters. The first kappa shape index (κ1) is 12.9. The Hall–Kier alpha value is -0.160. The highest BCUT2D eigenvalue weighted by Crippen LogP contribution is 2.36. The highest BCUT2D eigenvalue weighted by molar-refractivity contribution is 7.87. The molecule has 0 fully saturated rings. The van der Waals surface area contributed by atoms with Crippen LogP contribution in [-0.2, 0) is 10.1 Å². The van der Waals surface area contributed by atoms with Crippen molar-refractivity contribution in [3.8, 4) is 5.75 Å². The van der Waals surface area contributed by atoms with Crippen molar-refractivity contribution in [2.45, 2.75) is 6.92 Å². The molecule has 15 heavy (non-hydrogen) atoms. The Morgan fingerprint density at radius 1 is 1.20 bits per heavy atom. The second-order valence-electron chi connectivity index (χ2n) is 2.63. The van der Waals surface area contributed by atoms with Gasteiger partial charge in [0.15, 0.2) is 5.75 Å². The van der Waals surface area contributed by atoms with Gasteiger partial charge < -0.3 is 4.18 Å². The van der Waals surface area contributed by atoms with Crippen LogP contribution in [0.4, 0.5) is 0 Å². The minimum Gasteiger partial charge on any atom is -0.379 e. The lowest BCUT2D eigenvalue weighted by Gasteiger charge is -2.08. The number of halogens is 3. The third kappa shape index (κ3) is 3.41. The number of hydrogen-bond donors (Lipinski definition) is 0. The fourth-order valence-electron chi connectivity index (χ4n) is 0.794. The maximum Gasteiger partial charge on any atom is 0.308 e. The van der Waals surface area contributed by atoms with Gasteiger partial charge in [-0.25, -0.2) is 0 Å². The molecule has 0 saturated heterocycles. The van der Waals surface area contributed by atoms with Gasteiger partial charge in [-0.1, -0.05) is 34.8 Å². The summed E-state index contributed by atoms with van der Waals surface area (Å²) in [5.41, 5.74) is 0. The lowest BCUT2D eigenvalue weighted by atomic mass is 10.3. The summed E-state index contributed by atoms with van der Waals surface area (Å²) in [6.07, 6.45) is 0. The van der Waals surface area contributed by atoms with Gasteiger partial charge in [0.1, 0.15) is 0 Å². The molecule has 84 valence electrons. The van der Waals surface area contributed by atoms with Gasteiger partial charge in [-0.2, -0.15) is 8.42 Å². The van der Waals surface area contributed by atoms with Gasteiger partial charge in [-0.15, -0.1) is 0 Å². The second-order valence-corrected chi connectivity index (χ2v) is 5.74. The number of rotatable bonds is 3. The Balaban J connectivity index is 3.17. The fourth-order valence-corrected chi connectivity index (χ4v) is 2.33. The average molecular weight is 290 g/mol. The molecule has 1 rings (SSSR count). The zero-order valence-electron chi connectivity index (χ0n) is 7.63. The van der Waals surface area contributed by atoms with Crippen LogP contribution in [0.2, 0.25) is 15.1 Å². The number of benzene rings is 1. The Morgan fingerprint density at radius 2 is 1.67 bits per heavy atom. The molecule has 0 aromatic heterocycles. The lowest BCUT2D eigenvalue weighted by molar-refractivity contribution is 0.488. The molecule has 0 aliphatic rings. The molecule has 0 N–H and O–H groups in total. The third-order valence-electron chi connectivity index (χ3n) is 1.53. The normalized spacial score (nSPS) is 11.5. The van der Waals surface area contributed by atoms with E-state index in [2.05, 4.69) is 0 Å². The quantitative estimate of drug-likeness (QED) is 0.801. The van der Waals surface area contributed by atoms with Gasteiger partial charge in [-0.3, -0.25) is 0 Å². The SMILES string of the molecule is CCS(=O)(=O)Oc1c(Cl)cc(Cl)cc1Cl. The van der Waals surface area contributed by atoms with Crippen LogP contribution in [0.1, 0.15) is 6.92 Å². The molecule has 0 bridgehead atoms. The predicted molar refractivity (Wildman–Crippen MR) is 61.6 cm³/mol. The maximum atomic E-state index is 11.2. The summed E-state index contributed by atoms with van der Waals surface area (Å²) in [6, 6.07) is 2.71. The highest BCUT2D eigenvalue weighted by Gasteiger charge is 2.16. The van der Waals surface area contributed by atoms with E-state index >= 15 is 0 Å². The van der Waals surface area contributed by atoms with Crippen LogP contribution in [-0.4, -0.2) is 14.2 Å². The van der Waals surface area contributed by atoms with Crippen molar-refractivity contribution in [1.82, 2.24) is 0 Å². The van der Waals surface area contributed by atoms with E-state index in [1.807, 2.05) is 0 Å². The van der Waals surface area contributed by atoms with Crippen LogP contribution in [0.5, 0.6) is 5.75 Å². The minimum atomic E-state index is -3.64. The van der Waals surface area contributed by atoms with E-state index in [0.717, 1.165) is 0 Å². The van der Waals surface area contributed by atoms with Crippen LogP contribution in [0, 0.1) is 0 Å². The Bertz CT molecular complexity index is 447. The van der Waals surface area contributed by atoms with E-state index in [9.17, 15) is 8.42 Å². The molecular formula is C8H7Cl3O3S. The predicted octanol–water partition coefficient (Wildman–Crippen LogP) is 3.38. The van der Waals surface area contributed by atoms with Crippen molar-refractivity contribution < 1.29 is 12.6 Å². The largest absolute Gasteiger partial charge is 0.379 e. The molecule has 0 atom stereocenters. The van der Waals surface area contributed by atoms with Crippen molar-refractivity contribution in [2.75, 3.05) is 5.75 Å². The van der Waals surface area contributed by atoms with Crippen LogP contribution in [0.15, 0.2) is 12.1 Å². The van der Waals surface area contributed by atoms with Gasteiger partial charge in [0.05, 0.1) is 15.8 Å². The summed E-state index contributed by atoms with van der Waals surface area (Å²) in [4.78, 5) is 0. The minimum absolute atomic E-state index is 0.0597. The summed E-state index contributed by atoms with van der Waals surface area (Å²) < 4.78 is 27.1. The molecule has 0 aliphatic heterocycles. The Morgan fingerprint density at radius 3 is 2.07 bits per heavy atom. The zero-order valence-corrected chi connectivity index (χ0v) is 10.7. The first-order valence-corrected chi connectivity index (χ1v) is 6.63. The highest BCUT2D eigenvalue weighted by atomic mass is 35.5. The van der Waals surface area contributed by atoms with E-state index < -0.39 is 10.1 Å². The Kier molecular flexibility index (Phi) is 4.12. The average Bonchev–Trinajstić information content (AvgIpc) is 2.11. The first-order valence-electron chi connectivity index (χ1n) is 3.92. The van der Waals surface area contributed by atoms with Crippen molar-refractivity contribution in [3.05, 3.63) is 27.2 Å². The Labute approximate surface area is 103 Å². The van der Waals surface area contributed by atoms with E-state index in [-0.39, 0.29) is 21.5 Å². The smallest absolute Gasteiger partial charge is 0.308 e. The van der Waals surface area contributed by atoms with Gasteiger partial charge in [0.25, 0.3) is 0 Å². The zero-order chi connectivity index (χ0) is 11.6. The van der Waals surface area contributed by atoms with E-state index in [4.69, 9.17) is 39.0 Å². The van der Waals surface area contributed by atoms with E-state index in [1.54, 1.807) is 0 Å². The first-order chi connectivity index (χ1) is 6.85. The summed E-state index contributed by atoms with van der Waals surface area (Å²) in [6.45, 7) is 1.45. The van der Waals surface area contributed by atoms with Crippen LogP contribution >= 0.6 is 34.8 Å². The molecule has 0 heterocycles. The van der Waals surface area contributed by atoms with Crippen LogP contribution < -0.4 is 4.18 Å². The summed E-state index contributed by atoms with van der Waals surface area (Å²) in [5, 5.41) is 0.431. The summed E-state index contributed by atoms with van der Waals surface area (Å²) in [7, 11) is -3.64. The van der Waals surface area contributed by atoms with Crippen molar-refractivity contribution in [3.63, 3.8) is 0 Å². The molecule has 1 aromatic rings. The van der Waals surface area contributed by atoms with Gasteiger partial charge >= 0.3 is 10.1 Å². The molecular weight excluding hydrogens is 283 g/mol. The number of hydrogen-bond acceptors (Lipinski definition) is 3. The lowest BCUT2D eigenvalue weighted by Crippen LogP contribution is -2.11. The third-order valence-corrected chi connectivity index (χ3v) is 3.43. The molecule has 0 saturated carbocycles. The van der Waals surface area contributed by atoms with Crippen molar-refractivity contribution in [2.24, 2.45) is 0 Å². The fraction of sp³-hybridized carbons (Fsp3) is 0.250. The van der Waals surface area contributed by atoms with Gasteiger partial charge in [0.2, 0.25) is 0 Å². The molecule has 0 amide bonds. The molecule has 0 aliphatic carbocycles. The van der Waals surface area contributed by atoms with Crippen LogP contribution in [0.25, 0.3) is 0 Å². The molecule has 7 heteroatoms. The molecule has 0 spiro atoms. The van der Waals surface area contributed by atoms with Gasteiger partial charge in [0, 0.05) is 5.02 Å². The maximum absolute atomic E-state index is 11.2. The summed E-state index contributed by atoms with van der Waals surface area (Å²) in [5.74, 6) is -0.257. The molecule has 3 nitrogen and oxygen atoms in total.